The number of hydrogen-bond acceptors (Lipinski definition) is 15. The van der Waals surface area contributed by atoms with E-state index in [9.17, 15) is 28.8 Å². The van der Waals surface area contributed by atoms with E-state index in [0.29, 0.717) is 62.5 Å². The molecule has 21 heteroatoms. The summed E-state index contributed by atoms with van der Waals surface area (Å²) in [6.07, 6.45) is 2.31. The third-order valence-corrected chi connectivity index (χ3v) is 15.0. The van der Waals surface area contributed by atoms with Crippen LogP contribution in [0.2, 0.25) is 0 Å². The maximum atomic E-state index is 12.9. The number of amides is 2. The van der Waals surface area contributed by atoms with E-state index in [-0.39, 0.29) is 34.6 Å². The molecule has 0 aliphatic carbocycles. The summed E-state index contributed by atoms with van der Waals surface area (Å²) in [6, 6.07) is 38.2. The van der Waals surface area contributed by atoms with Crippen molar-refractivity contribution in [1.29, 1.82) is 0 Å². The number of benzene rings is 5. The highest BCUT2D eigenvalue weighted by molar-refractivity contribution is 8.26. The van der Waals surface area contributed by atoms with Gasteiger partial charge in [-0.05, 0) is 165 Å². The van der Waals surface area contributed by atoms with Gasteiger partial charge in [0.15, 0.2) is 12.0 Å². The van der Waals surface area contributed by atoms with Crippen LogP contribution in [0, 0.1) is 41.5 Å². The fourth-order valence-corrected chi connectivity index (χ4v) is 9.41. The summed E-state index contributed by atoms with van der Waals surface area (Å²) in [5, 5.41) is 25.3. The van der Waals surface area contributed by atoms with Gasteiger partial charge in [0.25, 0.3) is 5.91 Å². The summed E-state index contributed by atoms with van der Waals surface area (Å²) in [5.74, 6) is -0.857. The Balaban J connectivity index is 0.000000239. The van der Waals surface area contributed by atoms with Gasteiger partial charge in [-0.1, -0.05) is 127 Å². The van der Waals surface area contributed by atoms with Crippen LogP contribution >= 0.6 is 84.0 Å². The molecule has 420 valence electrons. The quantitative estimate of drug-likeness (QED) is 0.0386. The molecule has 14 nitrogen and oxygen atoms in total. The highest BCUT2D eigenvalue weighted by atomic mass is 35.5. The Bertz CT molecular complexity index is 3460. The lowest BCUT2D eigenvalue weighted by Gasteiger charge is -2.15. The molecule has 9 rings (SSSR count). The maximum absolute atomic E-state index is 12.9. The first-order valence-corrected chi connectivity index (χ1v) is 28.2. The Morgan fingerprint density at radius 3 is 1.40 bits per heavy atom. The molecule has 2 saturated heterocycles. The molecule has 2 aromatic heterocycles. The second kappa shape index (κ2) is 32.9. The van der Waals surface area contributed by atoms with Crippen LogP contribution in [0.3, 0.4) is 0 Å². The summed E-state index contributed by atoms with van der Waals surface area (Å²) >= 11 is 25.9. The molecule has 0 radical (unpaired) electrons. The molecule has 5 aromatic carbocycles. The van der Waals surface area contributed by atoms with Crippen molar-refractivity contribution in [3.63, 3.8) is 0 Å². The van der Waals surface area contributed by atoms with Crippen LogP contribution in [0.15, 0.2) is 141 Å². The van der Waals surface area contributed by atoms with E-state index < -0.39 is 17.9 Å². The number of aldehydes is 1. The standard InChI is InChI=1S/C24H19NO4S2.C12H13NOS2.C12H8O4.C9H13N.C2H3ClO2.CS2/c1-14-3-4-16(11-15(14)2)13-25-22(26)21(31-24(25)30)12-19-9-10-20(29-19)17-5-7-18(8-6-17)23(27)28;1-8-3-4-10(5-9(8)2)6-13-11(14)7-16-12(13)15;13-7-10-5-6-11(16-10)8-1-3-9(4-2-8)12(14)15;1-7-3-4-9(6-10)5-8(7)2;3-1-2(4)5;2-1-3/h3-12H,13H2,1-2H3,(H,27,28);3-5H,6-7H2,1-2H3;1-7H,(H,14,15);3-5H,6,10H2,1-2H3;1H2,(H,4,5);/b21-12-;;;;;. The molecule has 0 atom stereocenters. The van der Waals surface area contributed by atoms with Crippen molar-refractivity contribution < 1.29 is 52.9 Å². The second-order valence-electron chi connectivity index (χ2n) is 17.7. The van der Waals surface area contributed by atoms with Crippen molar-refractivity contribution in [1.82, 2.24) is 9.80 Å². The van der Waals surface area contributed by atoms with Crippen molar-refractivity contribution in [3.05, 3.63) is 205 Å². The van der Waals surface area contributed by atoms with E-state index in [1.807, 2.05) is 23.4 Å². The SMILES string of the molecule is Cc1ccc(CN)cc1C.Cc1ccc(CN2C(=O)/C(=C/c3ccc(-c4ccc(C(=O)O)cc4)o3)SC2=S)cc1C.Cc1ccc(CN2C(=O)CSC2=S)cc1C.O=C(O)CCl.O=Cc1ccc(-c2ccc(C(=O)O)cc2)o1.S=C=S. The first-order chi connectivity index (χ1) is 38.5. The number of hydrogen-bond donors (Lipinski definition) is 4. The number of aromatic carboxylic acids is 2. The van der Waals surface area contributed by atoms with Crippen molar-refractivity contribution in [2.75, 3.05) is 11.6 Å². The molecular formula is C60H56ClN3O11S6. The van der Waals surface area contributed by atoms with Crippen LogP contribution in [-0.4, -0.2) is 85.7 Å². The number of halogens is 1. The van der Waals surface area contributed by atoms with E-state index in [4.69, 9.17) is 65.9 Å². The zero-order valence-electron chi connectivity index (χ0n) is 44.7. The normalized spacial score (nSPS) is 12.7. The summed E-state index contributed by atoms with van der Waals surface area (Å²) in [5.41, 5.74) is 18.3. The van der Waals surface area contributed by atoms with Crippen LogP contribution in [0.4, 0.5) is 0 Å². The molecule has 2 fully saturated rings. The molecular weight excluding hydrogens is 1170 g/mol. The number of thioether (sulfide) groups is 2. The molecule has 0 spiro atoms. The zero-order chi connectivity index (χ0) is 59.9. The molecule has 0 unspecified atom stereocenters. The van der Waals surface area contributed by atoms with Gasteiger partial charge >= 0.3 is 17.9 Å². The Kier molecular flexibility index (Phi) is 26.9. The lowest BCUT2D eigenvalue weighted by molar-refractivity contribution is -0.134. The van der Waals surface area contributed by atoms with Gasteiger partial charge in [0, 0.05) is 28.1 Å². The van der Waals surface area contributed by atoms with Gasteiger partial charge in [0.05, 0.1) is 34.9 Å². The van der Waals surface area contributed by atoms with E-state index in [1.54, 1.807) is 64.4 Å². The number of rotatable bonds is 12. The molecule has 81 heavy (non-hydrogen) atoms. The zero-order valence-corrected chi connectivity index (χ0v) is 50.4. The smallest absolute Gasteiger partial charge is 0.335 e. The van der Waals surface area contributed by atoms with Gasteiger partial charge in [-0.25, -0.2) is 9.59 Å². The average molecular weight is 1220 g/mol. The van der Waals surface area contributed by atoms with Gasteiger partial charge in [-0.3, -0.25) is 29.0 Å². The molecule has 2 amide bonds. The number of nitrogens with zero attached hydrogens (tertiary/aromatic N) is 2. The number of carbonyl (C=O) groups excluding carboxylic acids is 3. The Morgan fingerprint density at radius 2 is 1.02 bits per heavy atom. The number of thiocarbonyl (C=S) groups is 4. The van der Waals surface area contributed by atoms with Crippen molar-refractivity contribution in [2.24, 2.45) is 5.73 Å². The summed E-state index contributed by atoms with van der Waals surface area (Å²) in [7, 11) is 0. The summed E-state index contributed by atoms with van der Waals surface area (Å²) in [4.78, 5) is 69.5. The third-order valence-electron chi connectivity index (χ3n) is 11.9. The van der Waals surface area contributed by atoms with Crippen molar-refractivity contribution >= 4 is 139 Å². The molecule has 0 bridgehead atoms. The van der Waals surface area contributed by atoms with Gasteiger partial charge in [0.2, 0.25) is 5.91 Å². The van der Waals surface area contributed by atoms with E-state index in [0.717, 1.165) is 22.3 Å². The minimum atomic E-state index is -0.980. The largest absolute Gasteiger partial charge is 0.480 e. The lowest BCUT2D eigenvalue weighted by atomic mass is 10.1. The molecule has 2 aliphatic heterocycles. The number of carboxylic acids is 3. The molecule has 7 aromatic rings. The summed E-state index contributed by atoms with van der Waals surface area (Å²) in [6.45, 7) is 14.2. The Morgan fingerprint density at radius 1 is 0.617 bits per heavy atom. The highest BCUT2D eigenvalue weighted by Crippen LogP contribution is 2.35. The predicted octanol–water partition coefficient (Wildman–Crippen LogP) is 13.9. The van der Waals surface area contributed by atoms with E-state index in [1.165, 1.54) is 86.7 Å². The monoisotopic (exact) mass is 1220 g/mol. The van der Waals surface area contributed by atoms with Gasteiger partial charge in [0.1, 0.15) is 31.8 Å². The second-order valence-corrected chi connectivity index (χ2v) is 21.9. The fourth-order valence-electron chi connectivity index (χ4n) is 7.11. The third kappa shape index (κ3) is 20.7. The Hall–Kier alpha value is -7.23. The number of carboxylic acid groups (broad SMARTS) is 3. The number of aliphatic carboxylic acids is 1. The summed E-state index contributed by atoms with van der Waals surface area (Å²) < 4.78 is 14.2. The highest BCUT2D eigenvalue weighted by Gasteiger charge is 2.32. The fraction of sp³-hybridized carbons (Fsp3) is 0.183. The van der Waals surface area contributed by atoms with Gasteiger partial charge in [-0.2, -0.15) is 0 Å². The van der Waals surface area contributed by atoms with Gasteiger partial charge in [-0.15, -0.1) is 11.6 Å². The van der Waals surface area contributed by atoms with Crippen molar-refractivity contribution in [3.8, 4) is 22.6 Å². The number of aryl methyl sites for hydroxylation is 6. The Labute approximate surface area is 504 Å². The van der Waals surface area contributed by atoms with Crippen LogP contribution in [0.25, 0.3) is 28.7 Å². The van der Waals surface area contributed by atoms with Crippen molar-refractivity contribution in [2.45, 2.75) is 61.2 Å². The molecule has 5 N–H and O–H groups in total. The first-order valence-electron chi connectivity index (χ1n) is 24.2. The molecule has 2 aliphatic rings. The van der Waals surface area contributed by atoms with E-state index >= 15 is 0 Å². The van der Waals surface area contributed by atoms with Crippen LogP contribution < -0.4 is 5.73 Å². The van der Waals surface area contributed by atoms with Gasteiger partial charge < -0.3 is 29.9 Å². The molecule has 4 heterocycles. The van der Waals surface area contributed by atoms with Crippen LogP contribution in [-0.2, 0) is 34.0 Å². The molecule has 0 saturated carbocycles. The first kappa shape index (κ1) is 66.3. The average Bonchev–Trinajstić information content (AvgIpc) is 4.26. The number of furan rings is 2. The minimum absolute atomic E-state index is 0.119. The van der Waals surface area contributed by atoms with Crippen LogP contribution in [0.1, 0.15) is 87.1 Å². The number of carbonyl (C=O) groups is 6. The number of alkyl halides is 1. The lowest BCUT2D eigenvalue weighted by Crippen LogP contribution is -2.27. The number of nitrogens with two attached hydrogens (primary N) is 1. The maximum Gasteiger partial charge on any atom is 0.335 e. The predicted molar refractivity (Wildman–Crippen MR) is 336 cm³/mol. The topological polar surface area (TPSA) is 222 Å². The van der Waals surface area contributed by atoms with E-state index in [2.05, 4.69) is 102 Å². The minimum Gasteiger partial charge on any atom is -0.480 e. The van der Waals surface area contributed by atoms with Crippen LogP contribution in [0.5, 0.6) is 0 Å².